The fourth-order valence-corrected chi connectivity index (χ4v) is 5.54. The molecule has 7 nitrogen and oxygen atoms in total. The van der Waals surface area contributed by atoms with Crippen molar-refractivity contribution in [2.24, 2.45) is 7.05 Å². The van der Waals surface area contributed by atoms with Gasteiger partial charge >= 0.3 is 0 Å². The van der Waals surface area contributed by atoms with Gasteiger partial charge in [0.2, 0.25) is 0 Å². The van der Waals surface area contributed by atoms with Crippen molar-refractivity contribution in [2.45, 2.75) is 38.7 Å². The number of benzene rings is 3. The zero-order valence-electron chi connectivity index (χ0n) is 24.0. The normalized spacial score (nSPS) is 12.6. The van der Waals surface area contributed by atoms with Crippen molar-refractivity contribution in [2.75, 3.05) is 13.2 Å². The molecule has 1 atom stereocenters. The first-order valence-electron chi connectivity index (χ1n) is 13.8. The van der Waals surface area contributed by atoms with Gasteiger partial charge in [0, 0.05) is 46.9 Å². The van der Waals surface area contributed by atoms with Crippen LogP contribution in [-0.2, 0) is 23.8 Å². The molecule has 10 heteroatoms. The molecule has 0 spiro atoms. The van der Waals surface area contributed by atoms with E-state index in [9.17, 15) is 5.11 Å². The number of aliphatic hydroxyl groups excluding tert-OH is 1. The van der Waals surface area contributed by atoms with Crippen molar-refractivity contribution < 1.29 is 23.4 Å². The first-order chi connectivity index (χ1) is 20.7. The Morgan fingerprint density at radius 2 is 1.95 bits per heavy atom. The lowest BCUT2D eigenvalue weighted by molar-refractivity contribution is 0.157. The molecule has 0 bridgehead atoms. The second-order valence-electron chi connectivity index (χ2n) is 10.3. The highest BCUT2D eigenvalue weighted by molar-refractivity contribution is 9.10. The summed E-state index contributed by atoms with van der Waals surface area (Å²) in [5, 5.41) is 15.4. The van der Waals surface area contributed by atoms with E-state index in [1.807, 2.05) is 24.3 Å². The van der Waals surface area contributed by atoms with Crippen LogP contribution < -0.4 is 4.74 Å². The fourth-order valence-electron chi connectivity index (χ4n) is 5.14. The van der Waals surface area contributed by atoms with Gasteiger partial charge in [0.15, 0.2) is 23.2 Å². The van der Waals surface area contributed by atoms with Gasteiger partial charge in [-0.15, -0.1) is 5.92 Å². The third-order valence-electron chi connectivity index (χ3n) is 7.46. The molecule has 0 aliphatic heterocycles. The van der Waals surface area contributed by atoms with Crippen LogP contribution in [0.2, 0.25) is 0 Å². The average molecular weight is 650 g/mol. The minimum absolute atomic E-state index is 0.125. The molecule has 0 amide bonds. The van der Waals surface area contributed by atoms with Crippen LogP contribution >= 0.6 is 15.9 Å². The number of nitrogens with zero attached hydrogens (tertiary/aromatic N) is 3. The molecule has 0 aliphatic rings. The maximum absolute atomic E-state index is 15.3. The van der Waals surface area contributed by atoms with Gasteiger partial charge in [-0.25, -0.2) is 18.4 Å². The zero-order valence-corrected chi connectivity index (χ0v) is 25.6. The predicted octanol–water partition coefficient (Wildman–Crippen LogP) is 7.41. The number of aromatic amines is 1. The van der Waals surface area contributed by atoms with Crippen LogP contribution in [0.5, 0.6) is 11.5 Å². The highest BCUT2D eigenvalue weighted by Gasteiger charge is 2.34. The summed E-state index contributed by atoms with van der Waals surface area (Å²) >= 11 is 3.57. The zero-order chi connectivity index (χ0) is 30.6. The van der Waals surface area contributed by atoms with Gasteiger partial charge < -0.3 is 19.6 Å². The van der Waals surface area contributed by atoms with E-state index in [4.69, 9.17) is 19.6 Å². The van der Waals surface area contributed by atoms with Crippen LogP contribution in [0.4, 0.5) is 8.78 Å². The number of rotatable bonds is 11. The van der Waals surface area contributed by atoms with Crippen molar-refractivity contribution in [3.8, 4) is 34.7 Å². The van der Waals surface area contributed by atoms with Gasteiger partial charge in [0.1, 0.15) is 18.2 Å². The summed E-state index contributed by atoms with van der Waals surface area (Å²) in [4.78, 5) is 7.77. The topological polar surface area (TPSA) is 85.2 Å². The van der Waals surface area contributed by atoms with Gasteiger partial charge in [-0.2, -0.15) is 5.10 Å². The van der Waals surface area contributed by atoms with Crippen molar-refractivity contribution in [3.05, 3.63) is 93.9 Å². The van der Waals surface area contributed by atoms with Crippen LogP contribution in [0.3, 0.4) is 0 Å². The summed E-state index contributed by atoms with van der Waals surface area (Å²) in [6.07, 6.45) is 3.05. The second kappa shape index (κ2) is 13.1. The fraction of sp³-hybridized carbons (Fsp3) is 0.273. The molecule has 3 aromatic carbocycles. The van der Waals surface area contributed by atoms with E-state index in [1.54, 1.807) is 26.2 Å². The van der Waals surface area contributed by atoms with Crippen LogP contribution in [0.25, 0.3) is 22.3 Å². The van der Waals surface area contributed by atoms with E-state index in [0.29, 0.717) is 41.9 Å². The third kappa shape index (κ3) is 6.34. The van der Waals surface area contributed by atoms with E-state index >= 15 is 8.78 Å². The number of H-pyrrole nitrogens is 1. The van der Waals surface area contributed by atoms with Crippen molar-refractivity contribution in [1.29, 1.82) is 0 Å². The van der Waals surface area contributed by atoms with E-state index < -0.39 is 23.7 Å². The van der Waals surface area contributed by atoms with Gasteiger partial charge in [-0.1, -0.05) is 34.0 Å². The molecule has 2 heterocycles. The molecule has 1 unspecified atom stereocenters. The molecule has 2 aromatic heterocycles. The summed E-state index contributed by atoms with van der Waals surface area (Å²) in [6.45, 7) is 4.29. The Kier molecular flexibility index (Phi) is 9.25. The maximum atomic E-state index is 15.3. The number of ether oxygens (including phenoxy) is 2. The molecule has 43 heavy (non-hydrogen) atoms. The van der Waals surface area contributed by atoms with Crippen molar-refractivity contribution >= 4 is 26.8 Å². The van der Waals surface area contributed by atoms with Gasteiger partial charge in [0.25, 0.3) is 0 Å². The molecular formula is C33H31BrF2N4O3. The summed E-state index contributed by atoms with van der Waals surface area (Å²) in [5.74, 6) is 5.41. The molecule has 5 aromatic rings. The smallest absolute Gasteiger partial charge is 0.169 e. The second-order valence-corrected chi connectivity index (χ2v) is 11.2. The van der Waals surface area contributed by atoms with Crippen molar-refractivity contribution in [1.82, 2.24) is 19.7 Å². The molecule has 2 N–H and O–H groups in total. The molecule has 222 valence electrons. The molecule has 0 fully saturated rings. The Morgan fingerprint density at radius 3 is 2.72 bits per heavy atom. The molecule has 5 rings (SSSR count). The lowest BCUT2D eigenvalue weighted by Gasteiger charge is -2.27. The quantitative estimate of drug-likeness (QED) is 0.115. The van der Waals surface area contributed by atoms with Gasteiger partial charge in [-0.3, -0.25) is 0 Å². The molecule has 0 aliphatic carbocycles. The van der Waals surface area contributed by atoms with Crippen LogP contribution in [0.15, 0.2) is 65.3 Å². The molecule has 0 saturated heterocycles. The Bertz CT molecular complexity index is 1820. The minimum Gasteiger partial charge on any atom is -0.454 e. The number of nitrogens with one attached hydrogen (secondary N) is 1. The summed E-state index contributed by atoms with van der Waals surface area (Å²) in [6, 6.07) is 15.1. The van der Waals surface area contributed by atoms with Crippen LogP contribution in [0, 0.1) is 23.5 Å². The van der Waals surface area contributed by atoms with Gasteiger partial charge in [0.05, 0.1) is 17.6 Å². The number of aromatic nitrogens is 4. The highest BCUT2D eigenvalue weighted by Crippen LogP contribution is 2.39. The SMILES string of the molecule is CC#CCOCCCC(C)(c1cccc(Br)c1)c1nc(-c2cc(Oc3c(F)cc4[nH]ccc4c3CO)ccc2F)n(C)n1. The van der Waals surface area contributed by atoms with Crippen LogP contribution in [0.1, 0.15) is 43.6 Å². The van der Waals surface area contributed by atoms with E-state index in [2.05, 4.69) is 39.7 Å². The lowest BCUT2D eigenvalue weighted by Crippen LogP contribution is -2.26. The minimum atomic E-state index is -0.652. The highest BCUT2D eigenvalue weighted by atomic mass is 79.9. The van der Waals surface area contributed by atoms with Gasteiger partial charge in [-0.05, 0) is 68.7 Å². The monoisotopic (exact) mass is 648 g/mol. The Balaban J connectivity index is 1.50. The predicted molar refractivity (Wildman–Crippen MR) is 165 cm³/mol. The number of hydrogen-bond donors (Lipinski definition) is 2. The van der Waals surface area contributed by atoms with Crippen LogP contribution in [-0.4, -0.2) is 38.1 Å². The first kappa shape index (κ1) is 30.4. The number of hydrogen-bond acceptors (Lipinski definition) is 5. The Hall–Kier alpha value is -4.04. The average Bonchev–Trinajstić information content (AvgIpc) is 3.62. The number of aryl methyl sites for hydroxylation is 1. The van der Waals surface area contributed by atoms with E-state index in [0.717, 1.165) is 16.5 Å². The number of fused-ring (bicyclic) bond motifs is 1. The van der Waals surface area contributed by atoms with Crippen molar-refractivity contribution in [3.63, 3.8) is 0 Å². The third-order valence-corrected chi connectivity index (χ3v) is 7.95. The Labute approximate surface area is 257 Å². The van der Waals surface area contributed by atoms with E-state index in [-0.39, 0.29) is 22.9 Å². The molecular weight excluding hydrogens is 618 g/mol. The lowest BCUT2D eigenvalue weighted by atomic mass is 9.78. The standard InChI is InChI=1S/C33H31BrF2N4O3/c1-4-5-15-42-16-7-13-33(2,21-8-6-9-22(34)17-21)32-38-31(40(3)39-32)25-18-23(10-11-27(25)35)43-30-26(20-41)24-12-14-37-29(24)19-28(30)36/h6,8-12,14,17-19,37,41H,7,13,15-16,20H2,1-3H3. The summed E-state index contributed by atoms with van der Waals surface area (Å²) in [5.41, 5.74) is 1.35. The molecule has 0 radical (unpaired) electrons. The summed E-state index contributed by atoms with van der Waals surface area (Å²) < 4.78 is 44.4. The number of aliphatic hydroxyl groups is 1. The Morgan fingerprint density at radius 1 is 1.12 bits per heavy atom. The first-order valence-corrected chi connectivity index (χ1v) is 14.6. The largest absolute Gasteiger partial charge is 0.454 e. The maximum Gasteiger partial charge on any atom is 0.169 e. The molecule has 0 saturated carbocycles. The van der Waals surface area contributed by atoms with E-state index in [1.165, 1.54) is 28.9 Å². The number of halogens is 3. The summed E-state index contributed by atoms with van der Waals surface area (Å²) in [7, 11) is 1.70.